The van der Waals surface area contributed by atoms with Crippen molar-refractivity contribution in [2.45, 2.75) is 26.4 Å². The Balaban J connectivity index is 1.85. The lowest BCUT2D eigenvalue weighted by molar-refractivity contribution is 0.0667. The summed E-state index contributed by atoms with van der Waals surface area (Å²) in [6.45, 7) is 3.98. The van der Waals surface area contributed by atoms with Crippen LogP contribution in [0.25, 0.3) is 11.4 Å². The quantitative estimate of drug-likeness (QED) is 0.448. The first-order valence-corrected chi connectivity index (χ1v) is 10.3. The van der Waals surface area contributed by atoms with Crippen molar-refractivity contribution >= 4 is 33.4 Å². The molecule has 0 N–H and O–H groups in total. The molecule has 0 bridgehead atoms. The SMILES string of the molecule is COc1ccc(-c2noc(CN(C(=O)c3cc(Br)ccc3Cl)C(C)C)n2)cc1OC. The van der Waals surface area contributed by atoms with E-state index in [1.54, 1.807) is 49.5 Å². The predicted octanol–water partition coefficient (Wildman–Crippen LogP) is 5.22. The van der Waals surface area contributed by atoms with Gasteiger partial charge in [0, 0.05) is 16.1 Å². The Hall–Kier alpha value is -2.58. The van der Waals surface area contributed by atoms with Crippen LogP contribution in [0.2, 0.25) is 5.02 Å². The largest absolute Gasteiger partial charge is 0.493 e. The van der Waals surface area contributed by atoms with Crippen LogP contribution in [0.5, 0.6) is 11.5 Å². The molecular formula is C21H21BrClN3O4. The maximum Gasteiger partial charge on any atom is 0.256 e. The lowest BCUT2D eigenvalue weighted by Crippen LogP contribution is -2.36. The molecule has 0 aliphatic carbocycles. The summed E-state index contributed by atoms with van der Waals surface area (Å²) in [6.07, 6.45) is 0. The number of ether oxygens (including phenoxy) is 2. The second kappa shape index (κ2) is 9.49. The van der Waals surface area contributed by atoms with Crippen LogP contribution in [0.15, 0.2) is 45.4 Å². The first-order valence-electron chi connectivity index (χ1n) is 9.15. The van der Waals surface area contributed by atoms with E-state index in [4.69, 9.17) is 25.6 Å². The summed E-state index contributed by atoms with van der Waals surface area (Å²) in [6, 6.07) is 10.4. The molecule has 7 nitrogen and oxygen atoms in total. The second-order valence-electron chi connectivity index (χ2n) is 6.73. The summed E-state index contributed by atoms with van der Waals surface area (Å²) in [5.41, 5.74) is 1.11. The molecule has 3 rings (SSSR count). The van der Waals surface area contributed by atoms with E-state index in [9.17, 15) is 4.79 Å². The fraction of sp³-hybridized carbons (Fsp3) is 0.286. The predicted molar refractivity (Wildman–Crippen MR) is 117 cm³/mol. The van der Waals surface area contributed by atoms with Gasteiger partial charge in [0.2, 0.25) is 11.7 Å². The average Bonchev–Trinajstić information content (AvgIpc) is 3.21. The number of carbonyl (C=O) groups excluding carboxylic acids is 1. The minimum absolute atomic E-state index is 0.107. The van der Waals surface area contributed by atoms with Gasteiger partial charge in [0.15, 0.2) is 11.5 Å². The van der Waals surface area contributed by atoms with Gasteiger partial charge in [-0.3, -0.25) is 4.79 Å². The average molecular weight is 495 g/mol. The zero-order valence-electron chi connectivity index (χ0n) is 17.0. The molecule has 0 fully saturated rings. The molecule has 0 saturated heterocycles. The van der Waals surface area contributed by atoms with E-state index in [1.165, 1.54) is 0 Å². The molecule has 0 saturated carbocycles. The first kappa shape index (κ1) is 22.1. The molecule has 158 valence electrons. The van der Waals surface area contributed by atoms with Crippen LogP contribution in [0.3, 0.4) is 0 Å². The highest BCUT2D eigenvalue weighted by atomic mass is 79.9. The van der Waals surface area contributed by atoms with E-state index in [0.29, 0.717) is 39.4 Å². The maximum absolute atomic E-state index is 13.1. The van der Waals surface area contributed by atoms with Crippen molar-refractivity contribution in [3.63, 3.8) is 0 Å². The monoisotopic (exact) mass is 493 g/mol. The van der Waals surface area contributed by atoms with Crippen molar-refractivity contribution in [2.24, 2.45) is 0 Å². The van der Waals surface area contributed by atoms with Gasteiger partial charge >= 0.3 is 0 Å². The number of carbonyl (C=O) groups is 1. The highest BCUT2D eigenvalue weighted by molar-refractivity contribution is 9.10. The van der Waals surface area contributed by atoms with Crippen LogP contribution in [0.4, 0.5) is 0 Å². The number of methoxy groups -OCH3 is 2. The molecule has 0 unspecified atom stereocenters. The standard InChI is InChI=1S/C21H21BrClN3O4/c1-12(2)26(21(27)15-10-14(22)6-7-16(15)23)11-19-24-20(25-30-19)13-5-8-17(28-3)18(9-13)29-4/h5-10,12H,11H2,1-4H3. The molecule has 1 aromatic heterocycles. The van der Waals surface area contributed by atoms with E-state index >= 15 is 0 Å². The van der Waals surface area contributed by atoms with Crippen LogP contribution in [0.1, 0.15) is 30.1 Å². The number of halogens is 2. The molecule has 0 radical (unpaired) electrons. The number of hydrogen-bond acceptors (Lipinski definition) is 6. The number of nitrogens with zero attached hydrogens (tertiary/aromatic N) is 3. The Bertz CT molecular complexity index is 1050. The zero-order valence-corrected chi connectivity index (χ0v) is 19.3. The summed E-state index contributed by atoms with van der Waals surface area (Å²) in [4.78, 5) is 19.2. The Morgan fingerprint density at radius 3 is 2.57 bits per heavy atom. The molecule has 0 aliphatic rings. The molecule has 30 heavy (non-hydrogen) atoms. The van der Waals surface area contributed by atoms with Gasteiger partial charge in [-0.15, -0.1) is 0 Å². The molecule has 0 atom stereocenters. The van der Waals surface area contributed by atoms with E-state index in [2.05, 4.69) is 26.1 Å². The number of hydrogen-bond donors (Lipinski definition) is 0. The van der Waals surface area contributed by atoms with Gasteiger partial charge in [-0.25, -0.2) is 0 Å². The molecule has 9 heteroatoms. The summed E-state index contributed by atoms with van der Waals surface area (Å²) in [5, 5.41) is 4.42. The fourth-order valence-electron chi connectivity index (χ4n) is 2.86. The van der Waals surface area contributed by atoms with Crippen molar-refractivity contribution in [3.8, 4) is 22.9 Å². The fourth-order valence-corrected chi connectivity index (χ4v) is 3.42. The zero-order chi connectivity index (χ0) is 21.8. The van der Waals surface area contributed by atoms with Crippen LogP contribution in [-0.4, -0.2) is 41.2 Å². The maximum atomic E-state index is 13.1. The molecule has 3 aromatic rings. The van der Waals surface area contributed by atoms with Crippen molar-refractivity contribution < 1.29 is 18.8 Å². The van der Waals surface area contributed by atoms with Gasteiger partial charge in [-0.1, -0.05) is 32.7 Å². The smallest absolute Gasteiger partial charge is 0.256 e. The van der Waals surface area contributed by atoms with Gasteiger partial charge in [-0.2, -0.15) is 4.98 Å². The Morgan fingerprint density at radius 1 is 1.17 bits per heavy atom. The summed E-state index contributed by atoms with van der Waals surface area (Å²) >= 11 is 9.62. The summed E-state index contributed by atoms with van der Waals surface area (Å²) < 4.78 is 16.7. The Labute approximate surface area is 188 Å². The molecule has 0 spiro atoms. The lowest BCUT2D eigenvalue weighted by Gasteiger charge is -2.25. The third-order valence-electron chi connectivity index (χ3n) is 4.46. The van der Waals surface area contributed by atoms with Gasteiger partial charge in [0.25, 0.3) is 5.91 Å². The number of rotatable bonds is 7. The molecule has 0 aliphatic heterocycles. The minimum Gasteiger partial charge on any atom is -0.493 e. The number of amides is 1. The Kier molecular flexibility index (Phi) is 6.99. The van der Waals surface area contributed by atoms with Gasteiger partial charge < -0.3 is 18.9 Å². The second-order valence-corrected chi connectivity index (χ2v) is 8.06. The van der Waals surface area contributed by atoms with Crippen molar-refractivity contribution in [1.29, 1.82) is 0 Å². The molecular weight excluding hydrogens is 474 g/mol. The van der Waals surface area contributed by atoms with E-state index in [0.717, 1.165) is 4.47 Å². The van der Waals surface area contributed by atoms with Gasteiger partial charge in [-0.05, 0) is 50.2 Å². The number of benzene rings is 2. The van der Waals surface area contributed by atoms with Crippen LogP contribution in [0, 0.1) is 0 Å². The van der Waals surface area contributed by atoms with Crippen LogP contribution < -0.4 is 9.47 Å². The first-order chi connectivity index (χ1) is 14.3. The summed E-state index contributed by atoms with van der Waals surface area (Å²) in [5.74, 6) is 1.65. The highest BCUT2D eigenvalue weighted by Gasteiger charge is 2.24. The van der Waals surface area contributed by atoms with E-state index < -0.39 is 0 Å². The topological polar surface area (TPSA) is 77.7 Å². The van der Waals surface area contributed by atoms with Crippen molar-refractivity contribution in [3.05, 3.63) is 57.3 Å². The van der Waals surface area contributed by atoms with Crippen LogP contribution >= 0.6 is 27.5 Å². The van der Waals surface area contributed by atoms with E-state index in [1.807, 2.05) is 19.9 Å². The molecule has 2 aromatic carbocycles. The number of aromatic nitrogens is 2. The Morgan fingerprint density at radius 2 is 1.90 bits per heavy atom. The van der Waals surface area contributed by atoms with Gasteiger partial charge in [0.1, 0.15) is 6.54 Å². The van der Waals surface area contributed by atoms with Crippen molar-refractivity contribution in [1.82, 2.24) is 15.0 Å². The van der Waals surface area contributed by atoms with Gasteiger partial charge in [0.05, 0.1) is 24.8 Å². The van der Waals surface area contributed by atoms with E-state index in [-0.39, 0.29) is 18.5 Å². The minimum atomic E-state index is -0.220. The highest BCUT2D eigenvalue weighted by Crippen LogP contribution is 2.31. The normalized spacial score (nSPS) is 10.9. The van der Waals surface area contributed by atoms with Crippen molar-refractivity contribution in [2.75, 3.05) is 14.2 Å². The third-order valence-corrected chi connectivity index (χ3v) is 5.28. The lowest BCUT2D eigenvalue weighted by atomic mass is 10.1. The molecule has 1 amide bonds. The molecule has 1 heterocycles. The van der Waals surface area contributed by atoms with Crippen LogP contribution in [-0.2, 0) is 6.54 Å². The summed E-state index contributed by atoms with van der Waals surface area (Å²) in [7, 11) is 3.13. The third kappa shape index (κ3) is 4.76.